The lowest BCUT2D eigenvalue weighted by Gasteiger charge is -2.14. The molecule has 37 heavy (non-hydrogen) atoms. The number of amides is 1. The van der Waals surface area contributed by atoms with Crippen molar-refractivity contribution < 1.29 is 18.3 Å². The molecule has 0 radical (unpaired) electrons. The van der Waals surface area contributed by atoms with E-state index in [0.29, 0.717) is 36.6 Å². The Morgan fingerprint density at radius 3 is 2.57 bits per heavy atom. The zero-order valence-corrected chi connectivity index (χ0v) is 19.6. The summed E-state index contributed by atoms with van der Waals surface area (Å²) >= 11 is 0. The van der Waals surface area contributed by atoms with Crippen molar-refractivity contribution in [1.29, 1.82) is 0 Å². The van der Waals surface area contributed by atoms with Crippen molar-refractivity contribution in [3.8, 4) is 17.2 Å². The summed E-state index contributed by atoms with van der Waals surface area (Å²) in [5.74, 6) is -1.47. The predicted octanol–water partition coefficient (Wildman–Crippen LogP) is 3.19. The summed E-state index contributed by atoms with van der Waals surface area (Å²) in [4.78, 5) is 29.7. The van der Waals surface area contributed by atoms with E-state index >= 15 is 0 Å². The van der Waals surface area contributed by atoms with Crippen LogP contribution in [0.1, 0.15) is 15.9 Å². The van der Waals surface area contributed by atoms with Gasteiger partial charge in [-0.15, -0.1) is 0 Å². The number of nitrogen functional groups attached to an aromatic ring is 1. The van der Waals surface area contributed by atoms with Gasteiger partial charge < -0.3 is 26.8 Å². The molecule has 2 aromatic heterocycles. The number of hydrogen-bond donors (Lipinski definition) is 4. The molecule has 2 aromatic carbocycles. The van der Waals surface area contributed by atoms with Crippen LogP contribution in [0.2, 0.25) is 0 Å². The van der Waals surface area contributed by atoms with Crippen molar-refractivity contribution in [3.63, 3.8) is 0 Å². The molecule has 0 unspecified atom stereocenters. The molecule has 9 nitrogen and oxygen atoms in total. The van der Waals surface area contributed by atoms with Crippen LogP contribution >= 0.6 is 0 Å². The lowest BCUT2D eigenvalue weighted by Crippen LogP contribution is -2.27. The summed E-state index contributed by atoms with van der Waals surface area (Å²) in [7, 11) is 0. The molecule has 0 bridgehead atoms. The van der Waals surface area contributed by atoms with Crippen LogP contribution in [0.5, 0.6) is 11.5 Å². The molecule has 6 N–H and O–H groups in total. The molecule has 1 amide bonds. The quantitative estimate of drug-likeness (QED) is 0.256. The highest BCUT2D eigenvalue weighted by molar-refractivity contribution is 6.04. The van der Waals surface area contributed by atoms with Crippen LogP contribution in [-0.2, 0) is 6.54 Å². The summed E-state index contributed by atoms with van der Waals surface area (Å²) in [6.07, 6.45) is 2.91. The first-order valence-electron chi connectivity index (χ1n) is 11.3. The average molecular weight is 507 g/mol. The maximum Gasteiger partial charge on any atom is 0.267 e. The minimum absolute atomic E-state index is 0.0953. The molecule has 2 heterocycles. The van der Waals surface area contributed by atoms with Crippen LogP contribution in [0.3, 0.4) is 0 Å². The van der Waals surface area contributed by atoms with Crippen molar-refractivity contribution in [2.45, 2.75) is 6.54 Å². The van der Waals surface area contributed by atoms with E-state index in [4.69, 9.17) is 16.2 Å². The van der Waals surface area contributed by atoms with Gasteiger partial charge in [0.25, 0.3) is 11.5 Å². The number of nitrogens with zero attached hydrogens (tertiary/aromatic N) is 2. The molecule has 0 fully saturated rings. The van der Waals surface area contributed by atoms with Crippen LogP contribution in [0.15, 0.2) is 77.9 Å². The minimum Gasteiger partial charge on any atom is -0.454 e. The predicted molar refractivity (Wildman–Crippen MR) is 136 cm³/mol. The Balaban J connectivity index is 1.52. The van der Waals surface area contributed by atoms with E-state index in [2.05, 4.69) is 15.6 Å². The number of anilines is 2. The molecule has 0 atom stereocenters. The second kappa shape index (κ2) is 11.4. The largest absolute Gasteiger partial charge is 0.454 e. The number of benzene rings is 2. The van der Waals surface area contributed by atoms with Crippen molar-refractivity contribution in [3.05, 3.63) is 106 Å². The minimum atomic E-state index is -0.745. The highest BCUT2D eigenvalue weighted by atomic mass is 19.1. The third kappa shape index (κ3) is 5.97. The zero-order chi connectivity index (χ0) is 26.4. The van der Waals surface area contributed by atoms with Gasteiger partial charge in [-0.1, -0.05) is 0 Å². The Hall–Kier alpha value is -4.61. The van der Waals surface area contributed by atoms with E-state index in [1.807, 2.05) is 0 Å². The van der Waals surface area contributed by atoms with Gasteiger partial charge in [0, 0.05) is 49.5 Å². The van der Waals surface area contributed by atoms with Crippen molar-refractivity contribution in [2.75, 3.05) is 24.1 Å². The average Bonchev–Trinajstić information content (AvgIpc) is 2.88. The molecule has 0 spiro atoms. The molecule has 11 heteroatoms. The van der Waals surface area contributed by atoms with Crippen molar-refractivity contribution >= 4 is 17.4 Å². The van der Waals surface area contributed by atoms with E-state index < -0.39 is 23.1 Å². The highest BCUT2D eigenvalue weighted by Gasteiger charge is 2.16. The van der Waals surface area contributed by atoms with Crippen LogP contribution < -0.4 is 32.4 Å². The summed E-state index contributed by atoms with van der Waals surface area (Å²) in [5.41, 5.74) is 11.7. The van der Waals surface area contributed by atoms with E-state index in [1.54, 1.807) is 6.07 Å². The van der Waals surface area contributed by atoms with Crippen LogP contribution in [0.4, 0.5) is 20.3 Å². The van der Waals surface area contributed by atoms with Crippen LogP contribution in [-0.4, -0.2) is 28.5 Å². The highest BCUT2D eigenvalue weighted by Crippen LogP contribution is 2.31. The number of pyridine rings is 2. The van der Waals surface area contributed by atoms with Gasteiger partial charge in [0.05, 0.1) is 5.56 Å². The van der Waals surface area contributed by atoms with E-state index in [-0.39, 0.29) is 22.8 Å². The standard InChI is InChI=1S/C26H24F2N6O3/c27-16-3-6-18(7-4-16)34-13-1-2-19(26(34)36)25(35)33-17-5-8-23(21(28)14-17)37-22-9-11-32-24(30)20(22)15-31-12-10-29/h1-9,11,13-14,31H,10,12,15,29H2,(H2,30,32)(H,33,35). The van der Waals surface area contributed by atoms with Crippen LogP contribution in [0, 0.1) is 11.6 Å². The number of carbonyl (C=O) groups excluding carboxylic acids is 1. The van der Waals surface area contributed by atoms with Crippen molar-refractivity contribution in [1.82, 2.24) is 14.9 Å². The second-order valence-electron chi connectivity index (χ2n) is 7.91. The molecular weight excluding hydrogens is 482 g/mol. The number of nitrogens with one attached hydrogen (secondary N) is 2. The van der Waals surface area contributed by atoms with Gasteiger partial charge in [-0.3, -0.25) is 14.2 Å². The monoisotopic (exact) mass is 506 g/mol. The van der Waals surface area contributed by atoms with Gasteiger partial charge in [0.15, 0.2) is 11.6 Å². The number of carbonyl (C=O) groups is 1. The number of halogens is 2. The smallest absolute Gasteiger partial charge is 0.267 e. The molecule has 190 valence electrons. The van der Waals surface area contributed by atoms with E-state index in [1.165, 1.54) is 65.5 Å². The molecule has 4 rings (SSSR count). The summed E-state index contributed by atoms with van der Waals surface area (Å²) < 4.78 is 35.0. The number of aromatic nitrogens is 2. The maximum absolute atomic E-state index is 14.9. The lowest BCUT2D eigenvalue weighted by atomic mass is 10.2. The second-order valence-corrected chi connectivity index (χ2v) is 7.91. The molecule has 0 saturated carbocycles. The Labute approximate surface area is 210 Å². The Morgan fingerprint density at radius 2 is 1.84 bits per heavy atom. The Kier molecular flexibility index (Phi) is 7.86. The van der Waals surface area contributed by atoms with Crippen LogP contribution in [0.25, 0.3) is 5.69 Å². The molecule has 0 aliphatic carbocycles. The summed E-state index contributed by atoms with van der Waals surface area (Å²) in [6.45, 7) is 1.31. The fourth-order valence-corrected chi connectivity index (χ4v) is 3.53. The summed E-state index contributed by atoms with van der Waals surface area (Å²) in [5, 5.41) is 5.60. The molecule has 4 aromatic rings. The maximum atomic E-state index is 14.9. The SMILES string of the molecule is NCCNCc1c(Oc2ccc(NC(=O)c3cccn(-c4ccc(F)cc4)c3=O)cc2F)ccnc1N. The van der Waals surface area contributed by atoms with Gasteiger partial charge >= 0.3 is 0 Å². The first-order chi connectivity index (χ1) is 17.9. The van der Waals surface area contributed by atoms with Gasteiger partial charge in [0.2, 0.25) is 0 Å². The topological polar surface area (TPSA) is 137 Å². The normalized spacial score (nSPS) is 10.8. The third-order valence-corrected chi connectivity index (χ3v) is 5.38. The summed E-state index contributed by atoms with van der Waals surface area (Å²) in [6, 6.07) is 13.5. The van der Waals surface area contributed by atoms with Gasteiger partial charge in [0.1, 0.15) is 22.9 Å². The molecule has 0 aliphatic heterocycles. The molecule has 0 saturated heterocycles. The zero-order valence-electron chi connectivity index (χ0n) is 19.6. The number of rotatable bonds is 9. The van der Waals surface area contributed by atoms with Gasteiger partial charge in [-0.05, 0) is 54.6 Å². The van der Waals surface area contributed by atoms with E-state index in [9.17, 15) is 18.4 Å². The fourth-order valence-electron chi connectivity index (χ4n) is 3.53. The first-order valence-corrected chi connectivity index (χ1v) is 11.3. The Morgan fingerprint density at radius 1 is 1.05 bits per heavy atom. The fraction of sp³-hybridized carbons (Fsp3) is 0.115. The third-order valence-electron chi connectivity index (χ3n) is 5.38. The number of ether oxygens (including phenoxy) is 1. The molecule has 0 aliphatic rings. The van der Waals surface area contributed by atoms with Gasteiger partial charge in [-0.2, -0.15) is 0 Å². The number of nitrogens with two attached hydrogens (primary N) is 2. The number of hydrogen-bond acceptors (Lipinski definition) is 7. The molecular formula is C26H24F2N6O3. The van der Waals surface area contributed by atoms with Gasteiger partial charge in [-0.25, -0.2) is 13.8 Å². The Bertz CT molecular complexity index is 1470. The first kappa shape index (κ1) is 25.5. The lowest BCUT2D eigenvalue weighted by molar-refractivity contribution is 0.102. The van der Waals surface area contributed by atoms with E-state index in [0.717, 1.165) is 6.07 Å². The van der Waals surface area contributed by atoms with Crippen molar-refractivity contribution in [2.24, 2.45) is 5.73 Å².